The van der Waals surface area contributed by atoms with E-state index in [1.54, 1.807) is 33.1 Å². The van der Waals surface area contributed by atoms with E-state index in [-0.39, 0.29) is 18.5 Å². The summed E-state index contributed by atoms with van der Waals surface area (Å²) in [6, 6.07) is 9.25. The maximum atomic E-state index is 12.5. The number of rotatable bonds is 9. The summed E-state index contributed by atoms with van der Waals surface area (Å²) in [7, 11) is 3.09. The van der Waals surface area contributed by atoms with Gasteiger partial charge in [-0.05, 0) is 49.6 Å². The minimum absolute atomic E-state index is 0.0816. The van der Waals surface area contributed by atoms with Crippen molar-refractivity contribution in [1.29, 1.82) is 0 Å². The van der Waals surface area contributed by atoms with Crippen LogP contribution in [0.3, 0.4) is 0 Å². The van der Waals surface area contributed by atoms with Crippen molar-refractivity contribution in [2.45, 2.75) is 33.7 Å². The third kappa shape index (κ3) is 4.45. The maximum absolute atomic E-state index is 12.5. The summed E-state index contributed by atoms with van der Waals surface area (Å²) in [6.07, 6.45) is 0.752. The molecular formula is C24H29NO6. The van der Waals surface area contributed by atoms with Gasteiger partial charge in [0.05, 0.1) is 26.2 Å². The summed E-state index contributed by atoms with van der Waals surface area (Å²) < 4.78 is 22.6. The fourth-order valence-corrected chi connectivity index (χ4v) is 3.46. The Bertz CT molecular complexity index is 982. The summed E-state index contributed by atoms with van der Waals surface area (Å²) in [4.78, 5) is 24.6. The molecule has 1 N–H and O–H groups in total. The van der Waals surface area contributed by atoms with E-state index < -0.39 is 5.41 Å². The van der Waals surface area contributed by atoms with Gasteiger partial charge < -0.3 is 24.3 Å². The summed E-state index contributed by atoms with van der Waals surface area (Å²) in [5.74, 6) is 0.959. The molecule has 0 saturated carbocycles. The molecule has 1 aliphatic rings. The number of amides is 1. The molecule has 2 aromatic carbocycles. The smallest absolute Gasteiger partial charge is 0.314 e. The first-order chi connectivity index (χ1) is 14.8. The number of nitrogens with one attached hydrogen (secondary N) is 1. The van der Waals surface area contributed by atoms with E-state index in [1.807, 2.05) is 25.1 Å². The molecule has 0 fully saturated rings. The fourth-order valence-electron chi connectivity index (χ4n) is 3.46. The van der Waals surface area contributed by atoms with Gasteiger partial charge in [0.2, 0.25) is 5.75 Å². The summed E-state index contributed by atoms with van der Waals surface area (Å²) in [5, 5.41) is 2.86. The molecule has 2 aromatic rings. The monoisotopic (exact) mass is 427 g/mol. The van der Waals surface area contributed by atoms with Crippen LogP contribution in [0.15, 0.2) is 30.3 Å². The van der Waals surface area contributed by atoms with Crippen molar-refractivity contribution in [2.24, 2.45) is 5.41 Å². The molecule has 0 spiro atoms. The molecule has 0 aromatic heterocycles. The molecule has 0 radical (unpaired) electrons. The van der Waals surface area contributed by atoms with Crippen LogP contribution in [0.25, 0.3) is 11.1 Å². The predicted molar refractivity (Wildman–Crippen MR) is 117 cm³/mol. The number of hydrogen-bond donors (Lipinski definition) is 1. The van der Waals surface area contributed by atoms with Crippen molar-refractivity contribution in [2.75, 3.05) is 27.4 Å². The van der Waals surface area contributed by atoms with Gasteiger partial charge in [0.15, 0.2) is 11.5 Å². The highest BCUT2D eigenvalue weighted by Gasteiger charge is 2.32. The lowest BCUT2D eigenvalue weighted by molar-refractivity contribution is -0.155. The zero-order valence-electron chi connectivity index (χ0n) is 18.7. The summed E-state index contributed by atoms with van der Waals surface area (Å²) >= 11 is 0. The van der Waals surface area contributed by atoms with Crippen LogP contribution in [-0.4, -0.2) is 39.3 Å². The van der Waals surface area contributed by atoms with Crippen LogP contribution in [0.4, 0.5) is 0 Å². The molecule has 1 heterocycles. The minimum Gasteiger partial charge on any atom is -0.493 e. The number of methoxy groups -OCH3 is 2. The molecule has 31 heavy (non-hydrogen) atoms. The predicted octanol–water partition coefficient (Wildman–Crippen LogP) is 3.97. The first kappa shape index (κ1) is 22.5. The van der Waals surface area contributed by atoms with E-state index in [2.05, 4.69) is 5.32 Å². The normalized spacial score (nSPS) is 12.7. The second-order valence-corrected chi connectivity index (χ2v) is 8.00. The molecular weight excluding hydrogens is 398 g/mol. The molecule has 0 unspecified atom stereocenters. The van der Waals surface area contributed by atoms with Gasteiger partial charge in [0.25, 0.3) is 5.91 Å². The highest BCUT2D eigenvalue weighted by Crippen LogP contribution is 2.46. The largest absolute Gasteiger partial charge is 0.493 e. The molecule has 3 rings (SSSR count). The van der Waals surface area contributed by atoms with Crippen molar-refractivity contribution in [1.82, 2.24) is 5.32 Å². The van der Waals surface area contributed by atoms with Gasteiger partial charge in [-0.1, -0.05) is 19.1 Å². The zero-order chi connectivity index (χ0) is 22.6. The quantitative estimate of drug-likeness (QED) is 0.610. The standard InChI is InChI=1S/C24H29NO6/c1-6-12-30-23(27)24(2,3)14-31-20-16(10-11-19(28-4)21(20)29-5)15-8-7-9-17-18(15)13-25-22(17)26/h7-11H,6,12-14H2,1-5H3,(H,25,26). The van der Waals surface area contributed by atoms with Crippen LogP contribution in [0, 0.1) is 5.41 Å². The Morgan fingerprint density at radius 1 is 1.03 bits per heavy atom. The van der Waals surface area contributed by atoms with Crippen molar-refractivity contribution in [3.8, 4) is 28.4 Å². The lowest BCUT2D eigenvalue weighted by atomic mass is 9.94. The average Bonchev–Trinajstić information content (AvgIpc) is 3.16. The number of fused-ring (bicyclic) bond motifs is 1. The third-order valence-electron chi connectivity index (χ3n) is 5.20. The van der Waals surface area contributed by atoms with Crippen LogP contribution in [0.5, 0.6) is 17.2 Å². The number of benzene rings is 2. The van der Waals surface area contributed by atoms with Gasteiger partial charge in [-0.3, -0.25) is 9.59 Å². The first-order valence-electron chi connectivity index (χ1n) is 10.3. The van der Waals surface area contributed by atoms with E-state index in [1.165, 1.54) is 7.11 Å². The van der Waals surface area contributed by atoms with Gasteiger partial charge in [-0.15, -0.1) is 0 Å². The van der Waals surface area contributed by atoms with Crippen molar-refractivity contribution in [3.63, 3.8) is 0 Å². The Kier molecular flexibility index (Phi) is 6.73. The molecule has 0 aliphatic carbocycles. The van der Waals surface area contributed by atoms with Gasteiger partial charge in [0, 0.05) is 17.7 Å². The lowest BCUT2D eigenvalue weighted by Crippen LogP contribution is -2.33. The Morgan fingerprint density at radius 2 is 1.77 bits per heavy atom. The topological polar surface area (TPSA) is 83.1 Å². The SMILES string of the molecule is CCCOC(=O)C(C)(C)COc1c(-c2cccc3c2CNC3=O)ccc(OC)c1OC. The van der Waals surface area contributed by atoms with Gasteiger partial charge in [-0.25, -0.2) is 0 Å². The molecule has 1 aliphatic heterocycles. The molecule has 7 nitrogen and oxygen atoms in total. The van der Waals surface area contributed by atoms with Crippen molar-refractivity contribution >= 4 is 11.9 Å². The summed E-state index contributed by atoms with van der Waals surface area (Å²) in [5.41, 5.74) is 2.28. The molecule has 0 atom stereocenters. The van der Waals surface area contributed by atoms with Crippen LogP contribution in [0.1, 0.15) is 43.1 Å². The minimum atomic E-state index is -0.864. The fraction of sp³-hybridized carbons (Fsp3) is 0.417. The van der Waals surface area contributed by atoms with Crippen molar-refractivity contribution in [3.05, 3.63) is 41.5 Å². The third-order valence-corrected chi connectivity index (χ3v) is 5.20. The summed E-state index contributed by atoms with van der Waals surface area (Å²) in [6.45, 7) is 6.39. The highest BCUT2D eigenvalue weighted by molar-refractivity contribution is 6.01. The van der Waals surface area contributed by atoms with Crippen LogP contribution in [-0.2, 0) is 16.1 Å². The number of hydrogen-bond acceptors (Lipinski definition) is 6. The van der Waals surface area contributed by atoms with Gasteiger partial charge >= 0.3 is 5.97 Å². The number of ether oxygens (including phenoxy) is 4. The number of esters is 1. The van der Waals surface area contributed by atoms with Crippen LogP contribution >= 0.6 is 0 Å². The van der Waals surface area contributed by atoms with Crippen LogP contribution in [0.2, 0.25) is 0 Å². The van der Waals surface area contributed by atoms with Gasteiger partial charge in [-0.2, -0.15) is 0 Å². The Labute approximate surface area is 182 Å². The highest BCUT2D eigenvalue weighted by atomic mass is 16.5. The second kappa shape index (κ2) is 9.29. The Morgan fingerprint density at radius 3 is 2.45 bits per heavy atom. The Hall–Kier alpha value is -3.22. The Balaban J connectivity index is 2.03. The van der Waals surface area contributed by atoms with Crippen LogP contribution < -0.4 is 19.5 Å². The molecule has 0 saturated heterocycles. The van der Waals surface area contributed by atoms with Crippen molar-refractivity contribution < 1.29 is 28.5 Å². The molecule has 7 heteroatoms. The number of carbonyl (C=O) groups is 2. The zero-order valence-corrected chi connectivity index (χ0v) is 18.7. The second-order valence-electron chi connectivity index (χ2n) is 8.00. The maximum Gasteiger partial charge on any atom is 0.314 e. The van der Waals surface area contributed by atoms with E-state index >= 15 is 0 Å². The van der Waals surface area contributed by atoms with E-state index in [0.717, 1.165) is 23.1 Å². The van der Waals surface area contributed by atoms with E-state index in [0.29, 0.717) is 36.0 Å². The molecule has 1 amide bonds. The number of carbonyl (C=O) groups excluding carboxylic acids is 2. The lowest BCUT2D eigenvalue weighted by Gasteiger charge is -2.25. The van der Waals surface area contributed by atoms with E-state index in [4.69, 9.17) is 18.9 Å². The average molecular weight is 427 g/mol. The van der Waals surface area contributed by atoms with E-state index in [9.17, 15) is 9.59 Å². The van der Waals surface area contributed by atoms with Gasteiger partial charge in [0.1, 0.15) is 6.61 Å². The molecule has 166 valence electrons. The first-order valence-corrected chi connectivity index (χ1v) is 10.3. The molecule has 0 bridgehead atoms.